The molecule has 0 unspecified atom stereocenters. The molecule has 0 bridgehead atoms. The molecule has 11 nitrogen and oxygen atoms in total. The van der Waals surface area contributed by atoms with Crippen LogP contribution in [0.1, 0.15) is 84.8 Å². The number of amides is 4. The zero-order chi connectivity index (χ0) is 36.4. The van der Waals surface area contributed by atoms with Crippen LogP contribution >= 0.6 is 0 Å². The molecule has 1 aliphatic carbocycles. The molecule has 270 valence electrons. The molecule has 0 radical (unpaired) electrons. The van der Waals surface area contributed by atoms with Crippen LogP contribution in [0.2, 0.25) is 0 Å². The normalized spacial score (nSPS) is 19.2. The van der Waals surface area contributed by atoms with Gasteiger partial charge in [-0.1, -0.05) is 66.7 Å². The van der Waals surface area contributed by atoms with Gasteiger partial charge in [0.1, 0.15) is 11.8 Å². The first kappa shape index (κ1) is 37.1. The second kappa shape index (κ2) is 17.2. The van der Waals surface area contributed by atoms with Crippen molar-refractivity contribution in [2.75, 3.05) is 33.9 Å². The topological polar surface area (TPSA) is 143 Å². The van der Waals surface area contributed by atoms with Crippen LogP contribution in [0.15, 0.2) is 78.9 Å². The predicted octanol–water partition coefficient (Wildman–Crippen LogP) is 4.24. The molecule has 0 aromatic heterocycles. The summed E-state index contributed by atoms with van der Waals surface area (Å²) in [6.45, 7) is 2.93. The zero-order valence-corrected chi connectivity index (χ0v) is 29.6. The average Bonchev–Trinajstić information content (AvgIpc) is 3.16. The van der Waals surface area contributed by atoms with Crippen molar-refractivity contribution in [3.63, 3.8) is 0 Å². The molecular formula is C40H48N4O7. The molecule has 11 heteroatoms. The summed E-state index contributed by atoms with van der Waals surface area (Å²) in [5.74, 6) is -1.11. The lowest BCUT2D eigenvalue weighted by molar-refractivity contribution is -0.146. The molecule has 51 heavy (non-hydrogen) atoms. The van der Waals surface area contributed by atoms with Gasteiger partial charge in [0, 0.05) is 32.6 Å². The van der Waals surface area contributed by atoms with Crippen LogP contribution in [0, 0.1) is 0 Å². The Balaban J connectivity index is 1.33. The molecule has 3 N–H and O–H groups in total. The Morgan fingerprint density at radius 2 is 1.55 bits per heavy atom. The van der Waals surface area contributed by atoms with E-state index >= 15 is 0 Å². The van der Waals surface area contributed by atoms with Gasteiger partial charge in [0.05, 0.1) is 31.1 Å². The average molecular weight is 697 g/mol. The molecular weight excluding hydrogens is 648 g/mol. The van der Waals surface area contributed by atoms with Crippen LogP contribution in [0.5, 0.6) is 5.75 Å². The third kappa shape index (κ3) is 8.41. The first-order chi connectivity index (χ1) is 24.7. The molecule has 5 rings (SSSR count). The standard InChI is InChI=1S/C40H48N4O7/c1-27(45)41-24-12-11-18-34(38(48)51-3)43-39(49)40(28-13-5-4-6-14-28)23-20-31(30-15-7-9-17-33(30)40)37(47)44-25-21-29(22-26-44)42-36(46)32-16-8-10-19-35(32)50-2/h4-10,13-17,19,29,31,34H,11-12,18,20-26H2,1-3H3,(H,41,45)(H,42,46)(H,43,49)/t31-,34-,40+/m0/s1. The Morgan fingerprint density at radius 1 is 0.863 bits per heavy atom. The Hall–Kier alpha value is -5.19. The summed E-state index contributed by atoms with van der Waals surface area (Å²) < 4.78 is 10.4. The largest absolute Gasteiger partial charge is 0.496 e. The van der Waals surface area contributed by atoms with E-state index in [1.807, 2.05) is 65.6 Å². The number of carbonyl (C=O) groups excluding carboxylic acids is 5. The predicted molar refractivity (Wildman–Crippen MR) is 192 cm³/mol. The number of ether oxygens (including phenoxy) is 2. The number of unbranched alkanes of at least 4 members (excludes halogenated alkanes) is 1. The second-order valence-electron chi connectivity index (χ2n) is 13.3. The lowest BCUT2D eigenvalue weighted by Crippen LogP contribution is -2.54. The van der Waals surface area contributed by atoms with Gasteiger partial charge in [-0.2, -0.15) is 0 Å². The fraction of sp³-hybridized carbons (Fsp3) is 0.425. The highest BCUT2D eigenvalue weighted by Crippen LogP contribution is 2.48. The van der Waals surface area contributed by atoms with Crippen molar-refractivity contribution in [2.24, 2.45) is 0 Å². The Labute approximate surface area is 299 Å². The third-order valence-corrected chi connectivity index (χ3v) is 10.1. The Bertz CT molecular complexity index is 1710. The van der Waals surface area contributed by atoms with Gasteiger partial charge in [0.25, 0.3) is 5.91 Å². The first-order valence-electron chi connectivity index (χ1n) is 17.7. The number of benzene rings is 3. The smallest absolute Gasteiger partial charge is 0.328 e. The lowest BCUT2D eigenvalue weighted by atomic mass is 9.62. The van der Waals surface area contributed by atoms with Gasteiger partial charge in [-0.15, -0.1) is 0 Å². The van der Waals surface area contributed by atoms with E-state index < -0.39 is 23.3 Å². The van der Waals surface area contributed by atoms with E-state index in [0.29, 0.717) is 75.9 Å². The second-order valence-corrected chi connectivity index (χ2v) is 13.3. The van der Waals surface area contributed by atoms with Gasteiger partial charge in [-0.3, -0.25) is 19.2 Å². The molecule has 1 fully saturated rings. The van der Waals surface area contributed by atoms with Crippen molar-refractivity contribution < 1.29 is 33.4 Å². The molecule has 3 aromatic carbocycles. The van der Waals surface area contributed by atoms with Crippen molar-refractivity contribution in [3.8, 4) is 5.75 Å². The van der Waals surface area contributed by atoms with Gasteiger partial charge < -0.3 is 30.3 Å². The van der Waals surface area contributed by atoms with Gasteiger partial charge in [0.15, 0.2) is 0 Å². The van der Waals surface area contributed by atoms with Crippen molar-refractivity contribution in [3.05, 3.63) is 101 Å². The number of methoxy groups -OCH3 is 2. The third-order valence-electron chi connectivity index (χ3n) is 10.1. The summed E-state index contributed by atoms with van der Waals surface area (Å²) in [6, 6.07) is 23.3. The number of nitrogens with zero attached hydrogens (tertiary/aromatic N) is 1. The van der Waals surface area contributed by atoms with Crippen LogP contribution in [0.25, 0.3) is 0 Å². The highest BCUT2D eigenvalue weighted by atomic mass is 16.5. The van der Waals surface area contributed by atoms with Crippen LogP contribution in [0.4, 0.5) is 0 Å². The molecule has 3 aromatic rings. The molecule has 4 amide bonds. The summed E-state index contributed by atoms with van der Waals surface area (Å²) in [5, 5.41) is 8.89. The number of hydrogen-bond acceptors (Lipinski definition) is 7. The van der Waals surface area contributed by atoms with Crippen LogP contribution in [0.3, 0.4) is 0 Å². The summed E-state index contributed by atoms with van der Waals surface area (Å²) in [7, 11) is 2.84. The van der Waals surface area contributed by atoms with Crippen molar-refractivity contribution >= 4 is 29.6 Å². The monoisotopic (exact) mass is 696 g/mol. The fourth-order valence-corrected chi connectivity index (χ4v) is 7.46. The quantitative estimate of drug-likeness (QED) is 0.179. The number of nitrogens with one attached hydrogen (secondary N) is 3. The Morgan fingerprint density at radius 3 is 2.25 bits per heavy atom. The number of rotatable bonds is 13. The minimum Gasteiger partial charge on any atom is -0.496 e. The SMILES string of the molecule is COC(=O)[C@H](CCCCNC(C)=O)NC(=O)[C@@]1(c2ccccc2)CC[C@H](C(=O)N2CCC(NC(=O)c3ccccc3OC)CC2)c2ccccc21. The highest BCUT2D eigenvalue weighted by Gasteiger charge is 2.49. The summed E-state index contributed by atoms with van der Waals surface area (Å²) >= 11 is 0. The number of para-hydroxylation sites is 1. The number of likely N-dealkylation sites (tertiary alicyclic amines) is 1. The zero-order valence-electron chi connectivity index (χ0n) is 29.6. The minimum atomic E-state index is -1.15. The highest BCUT2D eigenvalue weighted by molar-refractivity contribution is 5.98. The maximum Gasteiger partial charge on any atom is 0.328 e. The Kier molecular flexibility index (Phi) is 12.5. The van der Waals surface area contributed by atoms with Gasteiger partial charge in [-0.25, -0.2) is 4.79 Å². The summed E-state index contributed by atoms with van der Waals surface area (Å²) in [4.78, 5) is 67.9. The maximum absolute atomic E-state index is 14.6. The van der Waals surface area contributed by atoms with E-state index in [9.17, 15) is 24.0 Å². The number of piperidine rings is 1. The van der Waals surface area contributed by atoms with Crippen molar-refractivity contribution in [1.29, 1.82) is 0 Å². The summed E-state index contributed by atoms with van der Waals surface area (Å²) in [5.41, 5.74) is 1.65. The van der Waals surface area contributed by atoms with E-state index in [4.69, 9.17) is 9.47 Å². The molecule has 1 saturated heterocycles. The van der Waals surface area contributed by atoms with Crippen LogP contribution in [-0.2, 0) is 29.3 Å². The molecule has 1 heterocycles. The van der Waals surface area contributed by atoms with E-state index in [-0.39, 0.29) is 29.7 Å². The number of carbonyl (C=O) groups is 5. The van der Waals surface area contributed by atoms with Crippen LogP contribution in [-0.4, -0.2) is 80.4 Å². The van der Waals surface area contributed by atoms with E-state index in [2.05, 4.69) is 16.0 Å². The minimum absolute atomic E-state index is 0.00522. The molecule has 0 saturated carbocycles. The molecule has 0 spiro atoms. The van der Waals surface area contributed by atoms with E-state index in [0.717, 1.165) is 16.7 Å². The van der Waals surface area contributed by atoms with Gasteiger partial charge >= 0.3 is 5.97 Å². The van der Waals surface area contributed by atoms with Crippen molar-refractivity contribution in [1.82, 2.24) is 20.9 Å². The summed E-state index contributed by atoms with van der Waals surface area (Å²) in [6.07, 6.45) is 3.62. The lowest BCUT2D eigenvalue weighted by Gasteiger charge is -2.43. The van der Waals surface area contributed by atoms with E-state index in [1.54, 1.807) is 18.2 Å². The van der Waals surface area contributed by atoms with Gasteiger partial charge in [0.2, 0.25) is 17.7 Å². The number of esters is 1. The van der Waals surface area contributed by atoms with Gasteiger partial charge in [-0.05, 0) is 73.8 Å². The number of fused-ring (bicyclic) bond motifs is 1. The first-order valence-corrected chi connectivity index (χ1v) is 17.7. The van der Waals surface area contributed by atoms with Crippen LogP contribution < -0.4 is 20.7 Å². The van der Waals surface area contributed by atoms with Crippen molar-refractivity contribution in [2.45, 2.75) is 75.3 Å². The fourth-order valence-electron chi connectivity index (χ4n) is 7.46. The van der Waals surface area contributed by atoms with E-state index in [1.165, 1.54) is 21.1 Å². The maximum atomic E-state index is 14.6. The molecule has 1 aliphatic heterocycles. The molecule has 3 atom stereocenters. The molecule has 2 aliphatic rings. The number of hydrogen-bond donors (Lipinski definition) is 3.